The highest BCUT2D eigenvalue weighted by molar-refractivity contribution is 6.00. The highest BCUT2D eigenvalue weighted by Crippen LogP contribution is 2.47. The van der Waals surface area contributed by atoms with Gasteiger partial charge in [-0.3, -0.25) is 9.59 Å². The third-order valence-corrected chi connectivity index (χ3v) is 5.65. The van der Waals surface area contributed by atoms with Crippen molar-refractivity contribution >= 4 is 11.6 Å². The zero-order valence-corrected chi connectivity index (χ0v) is 13.1. The highest BCUT2D eigenvalue weighted by Gasteiger charge is 2.45. The molecule has 3 rings (SSSR count). The third kappa shape index (κ3) is 2.86. The monoisotopic (exact) mass is 302 g/mol. The fraction of sp³-hybridized carbons (Fsp3) is 0.579. The van der Waals surface area contributed by atoms with Gasteiger partial charge in [-0.1, -0.05) is 19.3 Å². The number of hydrogen-bond donors (Lipinski definition) is 0. The summed E-state index contributed by atoms with van der Waals surface area (Å²) in [6.07, 6.45) is 6.53. The molecule has 1 unspecified atom stereocenters. The Morgan fingerprint density at radius 3 is 2.36 bits per heavy atom. The predicted octanol–water partition coefficient (Wildman–Crippen LogP) is 4.43. The van der Waals surface area contributed by atoms with Crippen LogP contribution in [0.5, 0.6) is 0 Å². The van der Waals surface area contributed by atoms with Gasteiger partial charge in [0.15, 0.2) is 5.78 Å². The molecule has 1 aromatic rings. The number of ketones is 2. The molecule has 2 aliphatic rings. The van der Waals surface area contributed by atoms with Gasteiger partial charge in [-0.15, -0.1) is 0 Å². The number of fused-ring (bicyclic) bond motifs is 1. The van der Waals surface area contributed by atoms with Crippen LogP contribution >= 0.6 is 0 Å². The molecule has 118 valence electrons. The van der Waals surface area contributed by atoms with Crippen LogP contribution in [0.15, 0.2) is 24.3 Å². The summed E-state index contributed by atoms with van der Waals surface area (Å²) in [4.78, 5) is 25.1. The Balaban J connectivity index is 1.86. The van der Waals surface area contributed by atoms with Crippen molar-refractivity contribution in [2.45, 2.75) is 45.4 Å². The molecule has 2 fully saturated rings. The number of benzene rings is 1. The van der Waals surface area contributed by atoms with E-state index in [4.69, 9.17) is 0 Å². The zero-order valence-electron chi connectivity index (χ0n) is 13.1. The van der Waals surface area contributed by atoms with Crippen molar-refractivity contribution in [3.05, 3.63) is 35.6 Å². The van der Waals surface area contributed by atoms with E-state index in [0.29, 0.717) is 17.4 Å². The molecule has 0 amide bonds. The second-order valence-electron chi connectivity index (χ2n) is 6.90. The van der Waals surface area contributed by atoms with E-state index in [2.05, 4.69) is 0 Å². The summed E-state index contributed by atoms with van der Waals surface area (Å²) >= 11 is 0. The molecular weight excluding hydrogens is 279 g/mol. The molecule has 22 heavy (non-hydrogen) atoms. The van der Waals surface area contributed by atoms with E-state index in [1.807, 2.05) is 0 Å². The van der Waals surface area contributed by atoms with Crippen LogP contribution in [-0.2, 0) is 4.79 Å². The Morgan fingerprint density at radius 2 is 1.68 bits per heavy atom. The topological polar surface area (TPSA) is 34.1 Å². The van der Waals surface area contributed by atoms with Gasteiger partial charge in [0.05, 0.1) is 0 Å². The first-order valence-electron chi connectivity index (χ1n) is 8.38. The minimum atomic E-state index is -0.337. The molecule has 2 saturated carbocycles. The van der Waals surface area contributed by atoms with E-state index in [-0.39, 0.29) is 29.2 Å². The van der Waals surface area contributed by atoms with Crippen LogP contribution in [0.25, 0.3) is 0 Å². The van der Waals surface area contributed by atoms with Crippen molar-refractivity contribution in [2.75, 3.05) is 0 Å². The second kappa shape index (κ2) is 6.31. The lowest BCUT2D eigenvalue weighted by Crippen LogP contribution is -2.43. The molecular formula is C19H23FO2. The zero-order chi connectivity index (χ0) is 15.7. The fourth-order valence-electron chi connectivity index (χ4n) is 4.65. The SMILES string of the molecule is CC(=O)[C@H]1C(C(=O)c2ccc(F)cc2)CC[C@H]2CCCC[C@H]21. The summed E-state index contributed by atoms with van der Waals surface area (Å²) in [5, 5.41) is 0. The average Bonchev–Trinajstić information content (AvgIpc) is 2.53. The number of hydrogen-bond acceptors (Lipinski definition) is 2. The molecule has 2 aliphatic carbocycles. The first-order chi connectivity index (χ1) is 10.6. The lowest BCUT2D eigenvalue weighted by atomic mass is 9.59. The smallest absolute Gasteiger partial charge is 0.166 e. The molecule has 0 aromatic heterocycles. The van der Waals surface area contributed by atoms with Gasteiger partial charge in [-0.2, -0.15) is 0 Å². The third-order valence-electron chi connectivity index (χ3n) is 5.65. The van der Waals surface area contributed by atoms with Crippen molar-refractivity contribution < 1.29 is 14.0 Å². The summed E-state index contributed by atoms with van der Waals surface area (Å²) in [6, 6.07) is 5.73. The van der Waals surface area contributed by atoms with Crippen molar-refractivity contribution in [1.29, 1.82) is 0 Å². The summed E-state index contributed by atoms with van der Waals surface area (Å²) in [6.45, 7) is 1.63. The predicted molar refractivity (Wildman–Crippen MR) is 83.1 cm³/mol. The summed E-state index contributed by atoms with van der Waals surface area (Å²) in [7, 11) is 0. The van der Waals surface area contributed by atoms with Crippen LogP contribution in [0.2, 0.25) is 0 Å². The Morgan fingerprint density at radius 1 is 1.00 bits per heavy atom. The molecule has 0 aliphatic heterocycles. The van der Waals surface area contributed by atoms with Crippen LogP contribution in [0.3, 0.4) is 0 Å². The lowest BCUT2D eigenvalue weighted by molar-refractivity contribution is -0.127. The maximum Gasteiger partial charge on any atom is 0.166 e. The van der Waals surface area contributed by atoms with Crippen molar-refractivity contribution in [1.82, 2.24) is 0 Å². The summed E-state index contributed by atoms with van der Waals surface area (Å²) in [5.41, 5.74) is 0.534. The van der Waals surface area contributed by atoms with Crippen LogP contribution in [-0.4, -0.2) is 11.6 Å². The van der Waals surface area contributed by atoms with Crippen LogP contribution in [0.4, 0.5) is 4.39 Å². The van der Waals surface area contributed by atoms with Gasteiger partial charge in [-0.25, -0.2) is 4.39 Å². The minimum absolute atomic E-state index is 0.0178. The van der Waals surface area contributed by atoms with Crippen molar-refractivity contribution in [3.8, 4) is 0 Å². The van der Waals surface area contributed by atoms with E-state index in [9.17, 15) is 14.0 Å². The Bertz CT molecular complexity index is 563. The molecule has 0 radical (unpaired) electrons. The molecule has 0 spiro atoms. The maximum atomic E-state index is 13.1. The number of halogens is 1. The van der Waals surface area contributed by atoms with Gasteiger partial charge in [0.2, 0.25) is 0 Å². The van der Waals surface area contributed by atoms with Gasteiger partial charge >= 0.3 is 0 Å². The van der Waals surface area contributed by atoms with E-state index in [0.717, 1.165) is 19.3 Å². The molecule has 3 heteroatoms. The van der Waals surface area contributed by atoms with Gasteiger partial charge in [-0.05, 0) is 62.3 Å². The normalized spacial score (nSPS) is 31.4. The maximum absolute atomic E-state index is 13.1. The van der Waals surface area contributed by atoms with E-state index >= 15 is 0 Å². The average molecular weight is 302 g/mol. The molecule has 1 aromatic carbocycles. The molecule has 0 N–H and O–H groups in total. The first-order valence-corrected chi connectivity index (χ1v) is 8.38. The van der Waals surface area contributed by atoms with Crippen LogP contribution < -0.4 is 0 Å². The minimum Gasteiger partial charge on any atom is -0.300 e. The van der Waals surface area contributed by atoms with Crippen molar-refractivity contribution in [2.24, 2.45) is 23.7 Å². The molecule has 0 saturated heterocycles. The lowest BCUT2D eigenvalue weighted by Gasteiger charge is -2.44. The van der Waals surface area contributed by atoms with E-state index in [1.165, 1.54) is 31.4 Å². The first kappa shape index (κ1) is 15.4. The quantitative estimate of drug-likeness (QED) is 0.774. The number of carbonyl (C=O) groups is 2. The second-order valence-corrected chi connectivity index (χ2v) is 6.90. The van der Waals surface area contributed by atoms with Gasteiger partial charge in [0.25, 0.3) is 0 Å². The number of carbonyl (C=O) groups excluding carboxylic acids is 2. The number of rotatable bonds is 3. The van der Waals surface area contributed by atoms with Gasteiger partial charge in [0, 0.05) is 17.4 Å². The fourth-order valence-corrected chi connectivity index (χ4v) is 4.65. The standard InChI is InChI=1S/C19H23FO2/c1-12(21)18-16-5-3-2-4-13(16)8-11-17(18)19(22)14-6-9-15(20)10-7-14/h6-7,9-10,13,16-18H,2-5,8,11H2,1H3/t13-,16-,17?,18-/m1/s1. The van der Waals surface area contributed by atoms with Crippen LogP contribution in [0.1, 0.15) is 55.8 Å². The molecule has 0 bridgehead atoms. The largest absolute Gasteiger partial charge is 0.300 e. The number of Topliss-reactive ketones (excluding diaryl/α,β-unsaturated/α-hetero) is 2. The van der Waals surface area contributed by atoms with Crippen LogP contribution in [0, 0.1) is 29.5 Å². The van der Waals surface area contributed by atoms with E-state index < -0.39 is 0 Å². The molecule has 2 nitrogen and oxygen atoms in total. The van der Waals surface area contributed by atoms with Gasteiger partial charge < -0.3 is 0 Å². The summed E-state index contributed by atoms with van der Waals surface area (Å²) in [5.74, 6) is 0.449. The highest BCUT2D eigenvalue weighted by atomic mass is 19.1. The van der Waals surface area contributed by atoms with Gasteiger partial charge in [0.1, 0.15) is 11.6 Å². The molecule has 0 heterocycles. The molecule has 4 atom stereocenters. The summed E-state index contributed by atoms with van der Waals surface area (Å²) < 4.78 is 13.1. The Labute approximate surface area is 131 Å². The Hall–Kier alpha value is -1.51. The van der Waals surface area contributed by atoms with E-state index in [1.54, 1.807) is 19.1 Å². The Kier molecular flexibility index (Phi) is 4.42. The van der Waals surface area contributed by atoms with Crippen molar-refractivity contribution in [3.63, 3.8) is 0 Å².